The number of hydrogen-bond acceptors (Lipinski definition) is 2. The molecule has 0 aliphatic heterocycles. The van der Waals surface area contributed by atoms with Crippen LogP contribution in [0.15, 0.2) is 78.9 Å². The van der Waals surface area contributed by atoms with E-state index in [2.05, 4.69) is 5.32 Å². The summed E-state index contributed by atoms with van der Waals surface area (Å²) < 4.78 is 0. The number of hydrogen-bond donors (Lipinski definition) is 1. The fourth-order valence-electron chi connectivity index (χ4n) is 3.66. The van der Waals surface area contributed by atoms with Crippen molar-refractivity contribution in [2.24, 2.45) is 0 Å². The summed E-state index contributed by atoms with van der Waals surface area (Å²) in [7, 11) is 0. The van der Waals surface area contributed by atoms with Gasteiger partial charge in [-0.05, 0) is 42.7 Å². The molecule has 0 aliphatic rings. The Morgan fingerprint density at radius 2 is 1.59 bits per heavy atom. The SMILES string of the molecule is CCNC(=O)[C@@H](Cc1ccccc1)N(Cc1ccc(C)cc1)C(=O)Cc1cccc(Cl)c1. The van der Waals surface area contributed by atoms with E-state index in [1.165, 1.54) is 0 Å². The second-order valence-electron chi connectivity index (χ2n) is 7.91. The van der Waals surface area contributed by atoms with Crippen molar-refractivity contribution in [2.75, 3.05) is 6.54 Å². The van der Waals surface area contributed by atoms with Gasteiger partial charge in [-0.25, -0.2) is 0 Å². The maximum atomic E-state index is 13.5. The first kappa shape index (κ1) is 23.6. The lowest BCUT2D eigenvalue weighted by Crippen LogP contribution is -2.50. The molecule has 0 aromatic heterocycles. The predicted octanol–water partition coefficient (Wildman–Crippen LogP) is 4.97. The van der Waals surface area contributed by atoms with Gasteiger partial charge in [-0.15, -0.1) is 0 Å². The number of likely N-dealkylation sites (N-methyl/N-ethyl adjacent to an activating group) is 1. The van der Waals surface area contributed by atoms with E-state index in [-0.39, 0.29) is 18.2 Å². The number of nitrogens with zero attached hydrogens (tertiary/aromatic N) is 1. The largest absolute Gasteiger partial charge is 0.355 e. The summed E-state index contributed by atoms with van der Waals surface area (Å²) in [5.74, 6) is -0.261. The van der Waals surface area contributed by atoms with Gasteiger partial charge in [0.1, 0.15) is 6.04 Å². The minimum atomic E-state index is -0.620. The number of carbonyl (C=O) groups excluding carboxylic acids is 2. The van der Waals surface area contributed by atoms with Crippen LogP contribution in [0.3, 0.4) is 0 Å². The summed E-state index contributed by atoms with van der Waals surface area (Å²) in [6.07, 6.45) is 0.622. The van der Waals surface area contributed by atoms with Crippen molar-refractivity contribution in [3.63, 3.8) is 0 Å². The Balaban J connectivity index is 1.94. The molecule has 0 heterocycles. The first-order valence-electron chi connectivity index (χ1n) is 10.9. The molecule has 4 nitrogen and oxygen atoms in total. The van der Waals surface area contributed by atoms with E-state index in [1.54, 1.807) is 17.0 Å². The second kappa shape index (κ2) is 11.5. The number of benzene rings is 3. The lowest BCUT2D eigenvalue weighted by atomic mass is 10.0. The van der Waals surface area contributed by atoms with Crippen LogP contribution < -0.4 is 5.32 Å². The highest BCUT2D eigenvalue weighted by atomic mass is 35.5. The van der Waals surface area contributed by atoms with Crippen LogP contribution in [0, 0.1) is 6.92 Å². The number of rotatable bonds is 9. The van der Waals surface area contributed by atoms with Gasteiger partial charge < -0.3 is 10.2 Å². The summed E-state index contributed by atoms with van der Waals surface area (Å²) in [6, 6.07) is 24.5. The highest BCUT2D eigenvalue weighted by molar-refractivity contribution is 6.30. The Labute approximate surface area is 195 Å². The molecule has 0 saturated heterocycles. The van der Waals surface area contributed by atoms with Crippen LogP contribution in [0.25, 0.3) is 0 Å². The molecule has 0 unspecified atom stereocenters. The number of aryl methyl sites for hydroxylation is 1. The second-order valence-corrected chi connectivity index (χ2v) is 8.35. The van der Waals surface area contributed by atoms with Gasteiger partial charge >= 0.3 is 0 Å². The molecule has 166 valence electrons. The molecule has 2 amide bonds. The van der Waals surface area contributed by atoms with E-state index in [0.717, 1.165) is 22.3 Å². The summed E-state index contributed by atoms with van der Waals surface area (Å²) >= 11 is 6.12. The molecule has 0 spiro atoms. The average Bonchev–Trinajstić information content (AvgIpc) is 2.78. The minimum Gasteiger partial charge on any atom is -0.355 e. The molecule has 0 bridgehead atoms. The third-order valence-electron chi connectivity index (χ3n) is 5.34. The van der Waals surface area contributed by atoms with Crippen LogP contribution in [0.2, 0.25) is 5.02 Å². The third kappa shape index (κ3) is 6.69. The summed E-state index contributed by atoms with van der Waals surface area (Å²) in [5.41, 5.74) is 3.96. The van der Waals surface area contributed by atoms with Crippen LogP contribution in [-0.2, 0) is 29.0 Å². The number of halogens is 1. The average molecular weight is 449 g/mol. The van der Waals surface area contributed by atoms with E-state index in [9.17, 15) is 9.59 Å². The molecule has 1 atom stereocenters. The molecule has 1 N–H and O–H groups in total. The lowest BCUT2D eigenvalue weighted by Gasteiger charge is -2.31. The zero-order valence-corrected chi connectivity index (χ0v) is 19.3. The van der Waals surface area contributed by atoms with Crippen molar-refractivity contribution in [1.82, 2.24) is 10.2 Å². The van der Waals surface area contributed by atoms with Gasteiger partial charge in [0, 0.05) is 24.5 Å². The first-order chi connectivity index (χ1) is 15.5. The molecular formula is C27H29ClN2O2. The van der Waals surface area contributed by atoms with Gasteiger partial charge in [0.05, 0.1) is 6.42 Å². The van der Waals surface area contributed by atoms with Gasteiger partial charge in [0.15, 0.2) is 0 Å². The predicted molar refractivity (Wildman–Crippen MR) is 130 cm³/mol. The van der Waals surface area contributed by atoms with Crippen LogP contribution in [0.5, 0.6) is 0 Å². The van der Waals surface area contributed by atoms with E-state index in [0.29, 0.717) is 24.5 Å². The zero-order chi connectivity index (χ0) is 22.9. The highest BCUT2D eigenvalue weighted by Crippen LogP contribution is 2.18. The van der Waals surface area contributed by atoms with Gasteiger partial charge in [0.25, 0.3) is 0 Å². The van der Waals surface area contributed by atoms with Crippen molar-refractivity contribution in [1.29, 1.82) is 0 Å². The molecular weight excluding hydrogens is 420 g/mol. The standard InChI is InChI=1S/C27H29ClN2O2/c1-3-29-27(32)25(17-21-8-5-4-6-9-21)30(19-22-14-12-20(2)13-15-22)26(31)18-23-10-7-11-24(28)16-23/h4-16,25H,3,17-19H2,1-2H3,(H,29,32)/t25-/m1/s1. The van der Waals surface area contributed by atoms with E-state index < -0.39 is 6.04 Å². The summed E-state index contributed by atoms with van der Waals surface area (Å²) in [6.45, 7) is 4.77. The first-order valence-corrected chi connectivity index (χ1v) is 11.2. The smallest absolute Gasteiger partial charge is 0.243 e. The highest BCUT2D eigenvalue weighted by Gasteiger charge is 2.30. The maximum Gasteiger partial charge on any atom is 0.243 e. The van der Waals surface area contributed by atoms with Crippen LogP contribution in [0.1, 0.15) is 29.2 Å². The molecule has 0 fully saturated rings. The molecule has 3 rings (SSSR count). The molecule has 3 aromatic rings. The van der Waals surface area contributed by atoms with Gasteiger partial charge in [-0.2, -0.15) is 0 Å². The molecule has 0 saturated carbocycles. The number of amides is 2. The Hall–Kier alpha value is -3.11. The fourth-order valence-corrected chi connectivity index (χ4v) is 3.87. The Morgan fingerprint density at radius 1 is 0.906 bits per heavy atom. The van der Waals surface area contributed by atoms with Crippen molar-refractivity contribution in [3.05, 3.63) is 106 Å². The van der Waals surface area contributed by atoms with Crippen molar-refractivity contribution in [2.45, 2.75) is 39.3 Å². The van der Waals surface area contributed by atoms with Crippen LogP contribution in [-0.4, -0.2) is 29.3 Å². The summed E-state index contributed by atoms with van der Waals surface area (Å²) in [5, 5.41) is 3.50. The number of nitrogens with one attached hydrogen (secondary N) is 1. The van der Waals surface area contributed by atoms with E-state index in [1.807, 2.05) is 80.6 Å². The quantitative estimate of drug-likeness (QED) is 0.502. The Bertz CT molecular complexity index is 1040. The van der Waals surface area contributed by atoms with Crippen molar-refractivity contribution in [3.8, 4) is 0 Å². The topological polar surface area (TPSA) is 49.4 Å². The van der Waals surface area contributed by atoms with E-state index >= 15 is 0 Å². The fraction of sp³-hybridized carbons (Fsp3) is 0.259. The molecule has 0 aliphatic carbocycles. The summed E-state index contributed by atoms with van der Waals surface area (Å²) in [4.78, 5) is 28.4. The normalized spacial score (nSPS) is 11.6. The van der Waals surface area contributed by atoms with Crippen molar-refractivity contribution < 1.29 is 9.59 Å². The third-order valence-corrected chi connectivity index (χ3v) is 5.58. The minimum absolute atomic E-state index is 0.111. The van der Waals surface area contributed by atoms with Gasteiger partial charge in [-0.1, -0.05) is 83.9 Å². The van der Waals surface area contributed by atoms with Crippen LogP contribution >= 0.6 is 11.6 Å². The Kier molecular flexibility index (Phi) is 8.46. The Morgan fingerprint density at radius 3 is 2.25 bits per heavy atom. The molecule has 3 aromatic carbocycles. The monoisotopic (exact) mass is 448 g/mol. The van der Waals surface area contributed by atoms with Gasteiger partial charge in [0.2, 0.25) is 11.8 Å². The number of carbonyl (C=O) groups is 2. The van der Waals surface area contributed by atoms with Gasteiger partial charge in [-0.3, -0.25) is 9.59 Å². The van der Waals surface area contributed by atoms with Crippen molar-refractivity contribution >= 4 is 23.4 Å². The van der Waals surface area contributed by atoms with Crippen LogP contribution in [0.4, 0.5) is 0 Å². The maximum absolute atomic E-state index is 13.5. The lowest BCUT2D eigenvalue weighted by molar-refractivity contribution is -0.140. The molecule has 32 heavy (non-hydrogen) atoms. The van der Waals surface area contributed by atoms with E-state index in [4.69, 9.17) is 11.6 Å². The molecule has 5 heteroatoms. The zero-order valence-electron chi connectivity index (χ0n) is 18.6. The molecule has 0 radical (unpaired) electrons.